The third-order valence-corrected chi connectivity index (χ3v) is 6.08. The monoisotopic (exact) mass is 431 g/mol. The lowest BCUT2D eigenvalue weighted by atomic mass is 10.0. The van der Waals surface area contributed by atoms with Gasteiger partial charge in [0.2, 0.25) is 11.8 Å². The standard InChI is InChI=1S/C24H21N3O5/c1-25-14-21(28)27-10-9-26(13-19(27)23(25)30)22(29)17-7-4-6-15(11-17)18-12-16-5-2-3-8-20(16)32-24(18)31/h2-8,11-12,19H,9-10,13-14H2,1H3. The Hall–Kier alpha value is -3.94. The third-order valence-electron chi connectivity index (χ3n) is 6.08. The van der Waals surface area contributed by atoms with Gasteiger partial charge in [-0.3, -0.25) is 14.4 Å². The Morgan fingerprint density at radius 2 is 1.81 bits per heavy atom. The predicted molar refractivity (Wildman–Crippen MR) is 117 cm³/mol. The highest BCUT2D eigenvalue weighted by Crippen LogP contribution is 2.24. The number of hydrogen-bond acceptors (Lipinski definition) is 5. The molecule has 0 N–H and O–H groups in total. The highest BCUT2D eigenvalue weighted by atomic mass is 16.4. The fourth-order valence-electron chi connectivity index (χ4n) is 4.37. The molecule has 0 bridgehead atoms. The van der Waals surface area contributed by atoms with Crippen LogP contribution in [0.25, 0.3) is 22.1 Å². The summed E-state index contributed by atoms with van der Waals surface area (Å²) in [5, 5.41) is 0.791. The smallest absolute Gasteiger partial charge is 0.344 e. The van der Waals surface area contributed by atoms with Crippen LogP contribution in [-0.2, 0) is 9.59 Å². The van der Waals surface area contributed by atoms with E-state index in [0.29, 0.717) is 35.4 Å². The van der Waals surface area contributed by atoms with E-state index in [4.69, 9.17) is 4.42 Å². The Morgan fingerprint density at radius 3 is 2.66 bits per heavy atom. The Balaban J connectivity index is 1.43. The van der Waals surface area contributed by atoms with Crippen molar-refractivity contribution in [3.8, 4) is 11.1 Å². The second kappa shape index (κ2) is 7.64. The molecule has 0 saturated carbocycles. The van der Waals surface area contributed by atoms with E-state index in [1.807, 2.05) is 12.1 Å². The first-order valence-corrected chi connectivity index (χ1v) is 10.4. The third kappa shape index (κ3) is 3.33. The zero-order valence-corrected chi connectivity index (χ0v) is 17.5. The van der Waals surface area contributed by atoms with E-state index in [1.54, 1.807) is 59.3 Å². The Labute approximate surface area is 183 Å². The number of para-hydroxylation sites is 1. The quantitative estimate of drug-likeness (QED) is 0.575. The minimum absolute atomic E-state index is 0.0691. The van der Waals surface area contributed by atoms with Gasteiger partial charge >= 0.3 is 5.63 Å². The second-order valence-corrected chi connectivity index (χ2v) is 8.11. The molecule has 0 radical (unpaired) electrons. The summed E-state index contributed by atoms with van der Waals surface area (Å²) in [5.74, 6) is -0.510. The van der Waals surface area contributed by atoms with Gasteiger partial charge in [-0.1, -0.05) is 30.3 Å². The molecule has 1 atom stereocenters. The van der Waals surface area contributed by atoms with Crippen molar-refractivity contribution in [3.63, 3.8) is 0 Å². The van der Waals surface area contributed by atoms with Gasteiger partial charge in [0.05, 0.1) is 18.7 Å². The molecule has 2 saturated heterocycles. The lowest BCUT2D eigenvalue weighted by molar-refractivity contribution is -0.157. The summed E-state index contributed by atoms with van der Waals surface area (Å²) in [6.45, 7) is 0.888. The Bertz CT molecular complexity index is 1310. The lowest BCUT2D eigenvalue weighted by Gasteiger charge is -2.45. The van der Waals surface area contributed by atoms with Crippen molar-refractivity contribution in [1.82, 2.24) is 14.7 Å². The number of amides is 3. The van der Waals surface area contributed by atoms with Gasteiger partial charge in [-0.05, 0) is 29.8 Å². The topological polar surface area (TPSA) is 91.1 Å². The molecule has 8 nitrogen and oxygen atoms in total. The van der Waals surface area contributed by atoms with Crippen LogP contribution in [0.3, 0.4) is 0 Å². The maximum Gasteiger partial charge on any atom is 0.344 e. The van der Waals surface area contributed by atoms with Crippen LogP contribution in [0.2, 0.25) is 0 Å². The van der Waals surface area contributed by atoms with Crippen LogP contribution >= 0.6 is 0 Å². The lowest BCUT2D eigenvalue weighted by Crippen LogP contribution is -2.66. The van der Waals surface area contributed by atoms with E-state index in [1.165, 1.54) is 4.90 Å². The zero-order chi connectivity index (χ0) is 22.4. The summed E-state index contributed by atoms with van der Waals surface area (Å²) in [4.78, 5) is 55.1. The molecular weight excluding hydrogens is 410 g/mol. The molecule has 0 aliphatic carbocycles. The molecule has 2 fully saturated rings. The van der Waals surface area contributed by atoms with Crippen molar-refractivity contribution in [2.75, 3.05) is 33.2 Å². The predicted octanol–water partition coefficient (Wildman–Crippen LogP) is 1.58. The number of carbonyl (C=O) groups excluding carboxylic acids is 3. The van der Waals surface area contributed by atoms with Crippen LogP contribution in [0.4, 0.5) is 0 Å². The van der Waals surface area contributed by atoms with E-state index in [0.717, 1.165) is 5.39 Å². The van der Waals surface area contributed by atoms with Crippen LogP contribution in [0.5, 0.6) is 0 Å². The van der Waals surface area contributed by atoms with Gasteiger partial charge in [0.15, 0.2) is 0 Å². The number of fused-ring (bicyclic) bond motifs is 2. The molecule has 162 valence electrons. The number of nitrogens with zero attached hydrogens (tertiary/aromatic N) is 3. The van der Waals surface area contributed by atoms with Crippen LogP contribution in [-0.4, -0.2) is 71.7 Å². The molecule has 8 heteroatoms. The molecule has 2 aromatic carbocycles. The van der Waals surface area contributed by atoms with E-state index in [-0.39, 0.29) is 30.8 Å². The van der Waals surface area contributed by atoms with Gasteiger partial charge in [0, 0.05) is 31.1 Å². The van der Waals surface area contributed by atoms with E-state index >= 15 is 0 Å². The van der Waals surface area contributed by atoms with E-state index < -0.39 is 11.7 Å². The number of benzene rings is 2. The van der Waals surface area contributed by atoms with Gasteiger partial charge in [-0.2, -0.15) is 0 Å². The van der Waals surface area contributed by atoms with Crippen LogP contribution < -0.4 is 5.63 Å². The van der Waals surface area contributed by atoms with Gasteiger partial charge < -0.3 is 19.1 Å². The number of piperazine rings is 2. The number of rotatable bonds is 2. The molecule has 2 aliphatic heterocycles. The largest absolute Gasteiger partial charge is 0.422 e. The molecule has 2 aliphatic rings. The molecule has 0 spiro atoms. The Morgan fingerprint density at radius 1 is 1.00 bits per heavy atom. The first-order valence-electron chi connectivity index (χ1n) is 10.4. The van der Waals surface area contributed by atoms with Crippen LogP contribution in [0.15, 0.2) is 63.8 Å². The fraction of sp³-hybridized carbons (Fsp3) is 0.250. The zero-order valence-electron chi connectivity index (χ0n) is 17.5. The molecule has 32 heavy (non-hydrogen) atoms. The van der Waals surface area contributed by atoms with Gasteiger partial charge in [0.1, 0.15) is 11.6 Å². The SMILES string of the molecule is CN1CC(=O)N2CCN(C(=O)c3cccc(-c4cc5ccccc5oc4=O)c3)CC2C1=O. The average Bonchev–Trinajstić information content (AvgIpc) is 2.81. The summed E-state index contributed by atoms with van der Waals surface area (Å²) in [7, 11) is 1.59. The fourth-order valence-corrected chi connectivity index (χ4v) is 4.37. The van der Waals surface area contributed by atoms with Crippen LogP contribution in [0, 0.1) is 0 Å². The molecule has 1 unspecified atom stereocenters. The van der Waals surface area contributed by atoms with Gasteiger partial charge in [-0.15, -0.1) is 0 Å². The van der Waals surface area contributed by atoms with E-state index in [9.17, 15) is 19.2 Å². The summed E-state index contributed by atoms with van der Waals surface area (Å²) < 4.78 is 5.42. The minimum Gasteiger partial charge on any atom is -0.422 e. The number of likely N-dealkylation sites (N-methyl/N-ethyl adjacent to an activating group) is 1. The number of carbonyl (C=O) groups is 3. The molecule has 3 amide bonds. The summed E-state index contributed by atoms with van der Waals surface area (Å²) in [5.41, 5.74) is 1.39. The molecule has 3 aromatic rings. The number of hydrogen-bond donors (Lipinski definition) is 0. The van der Waals surface area contributed by atoms with Crippen molar-refractivity contribution in [2.45, 2.75) is 6.04 Å². The maximum atomic E-state index is 13.2. The molecular formula is C24H21N3O5. The van der Waals surface area contributed by atoms with Crippen molar-refractivity contribution < 1.29 is 18.8 Å². The summed E-state index contributed by atoms with van der Waals surface area (Å²) >= 11 is 0. The Kier molecular flexibility index (Phi) is 4.77. The van der Waals surface area contributed by atoms with Crippen molar-refractivity contribution in [3.05, 3.63) is 70.6 Å². The highest BCUT2D eigenvalue weighted by molar-refractivity contribution is 5.98. The van der Waals surface area contributed by atoms with Crippen LogP contribution in [0.1, 0.15) is 10.4 Å². The van der Waals surface area contributed by atoms with Crippen molar-refractivity contribution in [1.29, 1.82) is 0 Å². The van der Waals surface area contributed by atoms with Gasteiger partial charge in [-0.25, -0.2) is 4.79 Å². The molecule has 5 rings (SSSR count). The molecule has 1 aromatic heterocycles. The summed E-state index contributed by atoms with van der Waals surface area (Å²) in [6.07, 6.45) is 0. The minimum atomic E-state index is -0.658. The average molecular weight is 431 g/mol. The highest BCUT2D eigenvalue weighted by Gasteiger charge is 2.42. The molecule has 3 heterocycles. The second-order valence-electron chi connectivity index (χ2n) is 8.11. The maximum absolute atomic E-state index is 13.2. The summed E-state index contributed by atoms with van der Waals surface area (Å²) in [6, 6.07) is 15.2. The van der Waals surface area contributed by atoms with Crippen molar-refractivity contribution in [2.24, 2.45) is 0 Å². The first kappa shape index (κ1) is 20.0. The van der Waals surface area contributed by atoms with Gasteiger partial charge in [0.25, 0.3) is 5.91 Å². The first-order chi connectivity index (χ1) is 15.4. The normalized spacial score (nSPS) is 18.8. The van der Waals surface area contributed by atoms with Crippen molar-refractivity contribution >= 4 is 28.7 Å². The van der Waals surface area contributed by atoms with E-state index in [2.05, 4.69) is 0 Å².